The van der Waals surface area contributed by atoms with Gasteiger partial charge in [-0.3, -0.25) is 4.79 Å². The fourth-order valence-electron chi connectivity index (χ4n) is 1.92. The molecule has 0 aliphatic carbocycles. The maximum absolute atomic E-state index is 11.8. The van der Waals surface area contributed by atoms with E-state index >= 15 is 0 Å². The van der Waals surface area contributed by atoms with Gasteiger partial charge in [0.05, 0.1) is 18.6 Å². The number of aryl methyl sites for hydroxylation is 1. The summed E-state index contributed by atoms with van der Waals surface area (Å²) in [6.07, 6.45) is 0.0810. The predicted molar refractivity (Wildman–Crippen MR) is 79.5 cm³/mol. The van der Waals surface area contributed by atoms with E-state index in [1.807, 2.05) is 38.1 Å². The van der Waals surface area contributed by atoms with Crippen LogP contribution in [0.15, 0.2) is 24.3 Å². The minimum absolute atomic E-state index is 0. The van der Waals surface area contributed by atoms with E-state index in [1.54, 1.807) is 7.11 Å². The van der Waals surface area contributed by atoms with Crippen molar-refractivity contribution in [3.05, 3.63) is 35.4 Å². The topological polar surface area (TPSA) is 64.3 Å². The third-order valence-corrected chi connectivity index (χ3v) is 3.04. The molecule has 0 radical (unpaired) electrons. The van der Waals surface area contributed by atoms with E-state index in [2.05, 4.69) is 5.32 Å². The molecule has 0 aromatic heterocycles. The molecule has 0 spiro atoms. The van der Waals surface area contributed by atoms with E-state index < -0.39 is 0 Å². The molecule has 4 nitrogen and oxygen atoms in total. The van der Waals surface area contributed by atoms with Crippen LogP contribution in [0.5, 0.6) is 0 Å². The zero-order valence-electron chi connectivity index (χ0n) is 11.7. The zero-order valence-corrected chi connectivity index (χ0v) is 12.5. The Morgan fingerprint density at radius 1 is 1.42 bits per heavy atom. The lowest BCUT2D eigenvalue weighted by atomic mass is 10.0. The van der Waals surface area contributed by atoms with Crippen LogP contribution in [0.1, 0.15) is 30.5 Å². The number of amides is 1. The Morgan fingerprint density at radius 2 is 2.05 bits per heavy atom. The Hall–Kier alpha value is -1.10. The molecular formula is C14H23ClN2O2. The van der Waals surface area contributed by atoms with Gasteiger partial charge in [-0.2, -0.15) is 0 Å². The molecule has 2 atom stereocenters. The summed E-state index contributed by atoms with van der Waals surface area (Å²) >= 11 is 0. The van der Waals surface area contributed by atoms with Gasteiger partial charge in [-0.1, -0.05) is 24.3 Å². The van der Waals surface area contributed by atoms with Crippen molar-refractivity contribution >= 4 is 18.3 Å². The van der Waals surface area contributed by atoms with Crippen LogP contribution in [-0.2, 0) is 9.53 Å². The molecule has 19 heavy (non-hydrogen) atoms. The zero-order chi connectivity index (χ0) is 13.5. The molecule has 1 aromatic rings. The summed E-state index contributed by atoms with van der Waals surface area (Å²) in [7, 11) is 1.57. The van der Waals surface area contributed by atoms with Crippen molar-refractivity contribution in [3.63, 3.8) is 0 Å². The highest BCUT2D eigenvalue weighted by atomic mass is 35.5. The predicted octanol–water partition coefficient (Wildman–Crippen LogP) is 1.96. The van der Waals surface area contributed by atoms with Crippen LogP contribution in [0.3, 0.4) is 0 Å². The van der Waals surface area contributed by atoms with E-state index in [0.29, 0.717) is 13.0 Å². The molecule has 0 saturated carbocycles. The molecule has 0 bridgehead atoms. The van der Waals surface area contributed by atoms with Gasteiger partial charge in [0.1, 0.15) is 0 Å². The van der Waals surface area contributed by atoms with Crippen molar-refractivity contribution in [2.24, 2.45) is 5.73 Å². The van der Waals surface area contributed by atoms with Crippen LogP contribution in [0, 0.1) is 6.92 Å². The number of ether oxygens (including phenoxy) is 1. The highest BCUT2D eigenvalue weighted by molar-refractivity contribution is 5.85. The molecule has 0 aliphatic heterocycles. The summed E-state index contributed by atoms with van der Waals surface area (Å²) in [5.74, 6) is -0.0388. The first-order valence-electron chi connectivity index (χ1n) is 6.16. The van der Waals surface area contributed by atoms with Gasteiger partial charge in [0.15, 0.2) is 0 Å². The molecule has 0 fully saturated rings. The van der Waals surface area contributed by atoms with Crippen molar-refractivity contribution < 1.29 is 9.53 Å². The quantitative estimate of drug-likeness (QED) is 0.840. The normalized spacial score (nSPS) is 13.3. The lowest BCUT2D eigenvalue weighted by Crippen LogP contribution is -2.33. The monoisotopic (exact) mass is 286 g/mol. The number of nitrogens with one attached hydrogen (secondary N) is 1. The van der Waals surface area contributed by atoms with Crippen LogP contribution in [0.4, 0.5) is 0 Å². The van der Waals surface area contributed by atoms with Crippen molar-refractivity contribution in [2.75, 3.05) is 13.7 Å². The molecule has 1 amide bonds. The lowest BCUT2D eigenvalue weighted by molar-refractivity contribution is -0.124. The number of hydrogen-bond acceptors (Lipinski definition) is 3. The van der Waals surface area contributed by atoms with Gasteiger partial charge in [-0.15, -0.1) is 12.4 Å². The number of benzene rings is 1. The summed E-state index contributed by atoms with van der Waals surface area (Å²) in [6.45, 7) is 4.36. The van der Waals surface area contributed by atoms with Crippen molar-refractivity contribution in [2.45, 2.75) is 32.4 Å². The number of rotatable bonds is 6. The second-order valence-corrected chi connectivity index (χ2v) is 4.44. The van der Waals surface area contributed by atoms with E-state index in [0.717, 1.165) is 5.56 Å². The fourth-order valence-corrected chi connectivity index (χ4v) is 1.92. The SMILES string of the molecule is COC(CN)CC(=O)NC(C)c1ccccc1C.Cl. The smallest absolute Gasteiger partial charge is 0.223 e. The van der Waals surface area contributed by atoms with Crippen molar-refractivity contribution in [1.82, 2.24) is 5.32 Å². The summed E-state index contributed by atoms with van der Waals surface area (Å²) in [5, 5.41) is 2.96. The molecule has 0 aliphatic rings. The van der Waals surface area contributed by atoms with Gasteiger partial charge < -0.3 is 15.8 Å². The Balaban J connectivity index is 0.00000324. The Morgan fingerprint density at radius 3 is 2.58 bits per heavy atom. The standard InChI is InChI=1S/C14H22N2O2.ClH/c1-10-6-4-5-7-13(10)11(2)16-14(17)8-12(9-15)18-3;/h4-7,11-12H,8-9,15H2,1-3H3,(H,16,17);1H. The Bertz CT molecular complexity index is 395. The van der Waals surface area contributed by atoms with E-state index in [4.69, 9.17) is 10.5 Å². The summed E-state index contributed by atoms with van der Waals surface area (Å²) in [4.78, 5) is 11.8. The Kier molecular flexibility index (Phi) is 8.39. The number of halogens is 1. The molecule has 108 valence electrons. The summed E-state index contributed by atoms with van der Waals surface area (Å²) in [6, 6.07) is 8.02. The minimum atomic E-state index is -0.214. The summed E-state index contributed by atoms with van der Waals surface area (Å²) < 4.78 is 5.10. The minimum Gasteiger partial charge on any atom is -0.380 e. The molecular weight excluding hydrogens is 264 g/mol. The molecule has 5 heteroatoms. The van der Waals surface area contributed by atoms with E-state index in [9.17, 15) is 4.79 Å². The molecule has 0 heterocycles. The fraction of sp³-hybridized carbons (Fsp3) is 0.500. The molecule has 3 N–H and O–H groups in total. The van der Waals surface area contributed by atoms with Gasteiger partial charge in [0.2, 0.25) is 5.91 Å². The first-order valence-corrected chi connectivity index (χ1v) is 6.16. The van der Waals surface area contributed by atoms with Gasteiger partial charge in [-0.05, 0) is 25.0 Å². The number of carbonyl (C=O) groups excluding carboxylic acids is 1. The molecule has 0 saturated heterocycles. The molecule has 1 rings (SSSR count). The Labute approximate surface area is 121 Å². The first-order chi connectivity index (χ1) is 8.58. The van der Waals surface area contributed by atoms with Gasteiger partial charge in [0, 0.05) is 13.7 Å². The highest BCUT2D eigenvalue weighted by Crippen LogP contribution is 2.16. The maximum Gasteiger partial charge on any atom is 0.223 e. The molecule has 1 aromatic carbocycles. The van der Waals surface area contributed by atoms with Crippen molar-refractivity contribution in [1.29, 1.82) is 0 Å². The largest absolute Gasteiger partial charge is 0.380 e. The van der Waals surface area contributed by atoms with E-state index in [1.165, 1.54) is 5.56 Å². The van der Waals surface area contributed by atoms with E-state index in [-0.39, 0.29) is 30.5 Å². The third-order valence-electron chi connectivity index (χ3n) is 3.04. The van der Waals surface area contributed by atoms with Crippen molar-refractivity contribution in [3.8, 4) is 0 Å². The summed E-state index contributed by atoms with van der Waals surface area (Å²) in [5.41, 5.74) is 7.80. The third kappa shape index (κ3) is 5.59. The number of hydrogen-bond donors (Lipinski definition) is 2. The lowest BCUT2D eigenvalue weighted by Gasteiger charge is -2.18. The molecule has 2 unspecified atom stereocenters. The van der Waals surface area contributed by atoms with Gasteiger partial charge >= 0.3 is 0 Å². The second-order valence-electron chi connectivity index (χ2n) is 4.44. The van der Waals surface area contributed by atoms with Gasteiger partial charge in [0.25, 0.3) is 0 Å². The number of methoxy groups -OCH3 is 1. The highest BCUT2D eigenvalue weighted by Gasteiger charge is 2.15. The first kappa shape index (κ1) is 17.9. The number of carbonyl (C=O) groups is 1. The average Bonchev–Trinajstić information content (AvgIpc) is 2.36. The van der Waals surface area contributed by atoms with Crippen LogP contribution in [-0.4, -0.2) is 25.7 Å². The van der Waals surface area contributed by atoms with Gasteiger partial charge in [-0.25, -0.2) is 0 Å². The maximum atomic E-state index is 11.8. The average molecular weight is 287 g/mol. The van der Waals surface area contributed by atoms with Crippen LogP contribution in [0.25, 0.3) is 0 Å². The van der Waals surface area contributed by atoms with Crippen LogP contribution < -0.4 is 11.1 Å². The van der Waals surface area contributed by atoms with Crippen LogP contribution in [0.2, 0.25) is 0 Å². The second kappa shape index (κ2) is 8.91. The number of nitrogens with two attached hydrogens (primary N) is 1. The van der Waals surface area contributed by atoms with Crippen LogP contribution >= 0.6 is 12.4 Å².